The monoisotopic (exact) mass is 297 g/mol. The normalized spacial score (nSPS) is 12.8. The first kappa shape index (κ1) is 13.7. The van der Waals surface area contributed by atoms with Crippen LogP contribution in [-0.4, -0.2) is 16.4 Å². The molecular weight excluding hydrogens is 286 g/mol. The van der Waals surface area contributed by atoms with Crippen LogP contribution in [0.25, 0.3) is 6.08 Å². The smallest absolute Gasteiger partial charge is 0.299 e. The van der Waals surface area contributed by atoms with Crippen LogP contribution in [0.3, 0.4) is 0 Å². The lowest BCUT2D eigenvalue weighted by molar-refractivity contribution is -0.393. The molecule has 2 aromatic rings. The number of rotatable bonds is 3. The molecule has 1 aliphatic heterocycles. The average Bonchev–Trinajstić information content (AvgIpc) is 2.53. The summed E-state index contributed by atoms with van der Waals surface area (Å²) in [5, 5.41) is 22.1. The number of nitrogens with zero attached hydrogens (tertiary/aromatic N) is 3. The minimum atomic E-state index is -0.638. The molecule has 0 aliphatic carbocycles. The molecule has 22 heavy (non-hydrogen) atoms. The van der Waals surface area contributed by atoms with E-state index in [1.165, 1.54) is 12.1 Å². The first-order chi connectivity index (χ1) is 10.6. The van der Waals surface area contributed by atoms with E-state index >= 15 is 0 Å². The number of hydrogen-bond donors (Lipinski definition) is 0. The maximum absolute atomic E-state index is 11.3. The van der Waals surface area contributed by atoms with Crippen LogP contribution in [-0.2, 0) is 0 Å². The Morgan fingerprint density at radius 2 is 1.73 bits per heavy atom. The Bertz CT molecular complexity index is 801. The Labute approximate surface area is 125 Å². The van der Waals surface area contributed by atoms with E-state index in [0.29, 0.717) is 12.2 Å². The highest BCUT2D eigenvalue weighted by Crippen LogP contribution is 2.39. The highest BCUT2D eigenvalue weighted by Gasteiger charge is 2.25. The summed E-state index contributed by atoms with van der Waals surface area (Å²) in [4.78, 5) is 22.7. The molecule has 7 nitrogen and oxygen atoms in total. The summed E-state index contributed by atoms with van der Waals surface area (Å²) in [7, 11) is 0. The van der Waals surface area contributed by atoms with Crippen molar-refractivity contribution in [2.45, 2.75) is 0 Å². The number of fused-ring (bicyclic) bond motifs is 1. The summed E-state index contributed by atoms with van der Waals surface area (Å²) >= 11 is 0. The molecule has 0 radical (unpaired) electrons. The summed E-state index contributed by atoms with van der Waals surface area (Å²) in [6.07, 6.45) is 3.84. The van der Waals surface area contributed by atoms with Crippen LogP contribution in [0.1, 0.15) is 5.56 Å². The summed E-state index contributed by atoms with van der Waals surface area (Å²) in [5.41, 5.74) is 1.55. The van der Waals surface area contributed by atoms with Gasteiger partial charge in [-0.2, -0.15) is 0 Å². The molecule has 1 aliphatic rings. The van der Waals surface area contributed by atoms with Gasteiger partial charge >= 0.3 is 0 Å². The van der Waals surface area contributed by atoms with E-state index in [2.05, 4.69) is 0 Å². The van der Waals surface area contributed by atoms with Gasteiger partial charge in [0.25, 0.3) is 11.4 Å². The number of nitro benzene ring substituents is 2. The minimum Gasteiger partial charge on any atom is -0.331 e. The molecule has 0 amide bonds. The maximum Gasteiger partial charge on any atom is 0.299 e. The molecule has 0 N–H and O–H groups in total. The van der Waals surface area contributed by atoms with Crippen molar-refractivity contribution in [2.75, 3.05) is 11.4 Å². The number of anilines is 2. The Balaban J connectivity index is 2.15. The second kappa shape index (κ2) is 5.28. The zero-order chi connectivity index (χ0) is 15.7. The minimum absolute atomic E-state index is 0.278. The molecule has 0 saturated heterocycles. The Kier molecular flexibility index (Phi) is 3.30. The van der Waals surface area contributed by atoms with Crippen molar-refractivity contribution in [1.82, 2.24) is 0 Å². The molecule has 0 spiro atoms. The molecule has 0 saturated carbocycles. The van der Waals surface area contributed by atoms with Crippen LogP contribution in [0.4, 0.5) is 22.7 Å². The zero-order valence-electron chi connectivity index (χ0n) is 11.4. The van der Waals surface area contributed by atoms with Crippen molar-refractivity contribution in [2.24, 2.45) is 0 Å². The molecule has 1 heterocycles. The maximum atomic E-state index is 11.3. The van der Waals surface area contributed by atoms with Crippen molar-refractivity contribution < 1.29 is 9.85 Å². The number of non-ortho nitro benzene ring substituents is 1. The lowest BCUT2D eigenvalue weighted by Gasteiger charge is -2.27. The SMILES string of the molecule is O=[N+]([O-])c1ccc(N2CC=Cc3ccccc32)c([N+](=O)[O-])c1. The molecule has 0 atom stereocenters. The molecular formula is C15H11N3O4. The fraction of sp³-hybridized carbons (Fsp3) is 0.0667. The van der Waals surface area contributed by atoms with Gasteiger partial charge in [-0.1, -0.05) is 30.4 Å². The third-order valence-corrected chi connectivity index (χ3v) is 3.47. The molecule has 0 unspecified atom stereocenters. The predicted molar refractivity (Wildman–Crippen MR) is 82.2 cm³/mol. The van der Waals surface area contributed by atoms with Gasteiger partial charge in [-0.25, -0.2) is 0 Å². The Hall–Kier alpha value is -3.22. The van der Waals surface area contributed by atoms with E-state index in [1.54, 1.807) is 4.90 Å². The summed E-state index contributed by atoms with van der Waals surface area (Å²) in [6, 6.07) is 11.2. The number of hydrogen-bond acceptors (Lipinski definition) is 5. The van der Waals surface area contributed by atoms with E-state index < -0.39 is 9.85 Å². The summed E-state index contributed by atoms with van der Waals surface area (Å²) < 4.78 is 0. The standard InChI is InChI=1S/C15H11N3O4/c19-17(20)12-7-8-14(15(10-12)18(21)22)16-9-3-5-11-4-1-2-6-13(11)16/h1-8,10H,9H2. The van der Waals surface area contributed by atoms with Crippen molar-refractivity contribution in [1.29, 1.82) is 0 Å². The van der Waals surface area contributed by atoms with Gasteiger partial charge in [0.2, 0.25) is 0 Å². The second-order valence-corrected chi connectivity index (χ2v) is 4.76. The number of benzene rings is 2. The lowest BCUT2D eigenvalue weighted by atomic mass is 10.1. The second-order valence-electron chi connectivity index (χ2n) is 4.76. The highest BCUT2D eigenvalue weighted by molar-refractivity contribution is 5.81. The third kappa shape index (κ3) is 2.28. The lowest BCUT2D eigenvalue weighted by Crippen LogP contribution is -2.21. The van der Waals surface area contributed by atoms with Gasteiger partial charge in [0, 0.05) is 18.3 Å². The van der Waals surface area contributed by atoms with Crippen molar-refractivity contribution >= 4 is 28.8 Å². The average molecular weight is 297 g/mol. The molecule has 2 aromatic carbocycles. The van der Waals surface area contributed by atoms with Gasteiger partial charge < -0.3 is 4.90 Å². The first-order valence-corrected chi connectivity index (χ1v) is 6.54. The Morgan fingerprint density at radius 3 is 2.45 bits per heavy atom. The fourth-order valence-corrected chi connectivity index (χ4v) is 2.49. The first-order valence-electron chi connectivity index (χ1n) is 6.54. The molecule has 110 valence electrons. The molecule has 7 heteroatoms. The van der Waals surface area contributed by atoms with Crippen LogP contribution in [0, 0.1) is 20.2 Å². The molecule has 0 aromatic heterocycles. The zero-order valence-corrected chi connectivity index (χ0v) is 11.4. The largest absolute Gasteiger partial charge is 0.331 e. The number of nitro groups is 2. The quantitative estimate of drug-likeness (QED) is 0.637. The molecule has 3 rings (SSSR count). The molecule has 0 bridgehead atoms. The van der Waals surface area contributed by atoms with Crippen LogP contribution >= 0.6 is 0 Å². The van der Waals surface area contributed by atoms with Crippen LogP contribution in [0.5, 0.6) is 0 Å². The molecule has 0 fully saturated rings. The van der Waals surface area contributed by atoms with Crippen LogP contribution < -0.4 is 4.90 Å². The summed E-state index contributed by atoms with van der Waals surface area (Å²) in [6.45, 7) is 0.468. The van der Waals surface area contributed by atoms with E-state index in [-0.39, 0.29) is 11.4 Å². The van der Waals surface area contributed by atoms with Gasteiger partial charge in [-0.05, 0) is 17.7 Å². The van der Waals surface area contributed by atoms with Gasteiger partial charge in [0.05, 0.1) is 15.9 Å². The van der Waals surface area contributed by atoms with Gasteiger partial charge in [0.1, 0.15) is 5.69 Å². The van der Waals surface area contributed by atoms with Crippen LogP contribution in [0.15, 0.2) is 48.5 Å². The third-order valence-electron chi connectivity index (χ3n) is 3.47. The van der Waals surface area contributed by atoms with E-state index in [0.717, 1.165) is 17.3 Å². The van der Waals surface area contributed by atoms with Crippen molar-refractivity contribution in [3.8, 4) is 0 Å². The van der Waals surface area contributed by atoms with E-state index in [4.69, 9.17) is 0 Å². The summed E-state index contributed by atoms with van der Waals surface area (Å²) in [5.74, 6) is 0. The van der Waals surface area contributed by atoms with Crippen molar-refractivity contribution in [3.63, 3.8) is 0 Å². The van der Waals surface area contributed by atoms with Crippen LogP contribution in [0.2, 0.25) is 0 Å². The van der Waals surface area contributed by atoms with E-state index in [9.17, 15) is 20.2 Å². The van der Waals surface area contributed by atoms with Gasteiger partial charge in [-0.15, -0.1) is 0 Å². The van der Waals surface area contributed by atoms with Crippen molar-refractivity contribution in [3.05, 3.63) is 74.3 Å². The topological polar surface area (TPSA) is 89.5 Å². The number of para-hydroxylation sites is 1. The van der Waals surface area contributed by atoms with Gasteiger partial charge in [0.15, 0.2) is 0 Å². The fourth-order valence-electron chi connectivity index (χ4n) is 2.49. The highest BCUT2D eigenvalue weighted by atomic mass is 16.6. The Morgan fingerprint density at radius 1 is 0.955 bits per heavy atom. The van der Waals surface area contributed by atoms with Gasteiger partial charge in [-0.3, -0.25) is 20.2 Å². The van der Waals surface area contributed by atoms with E-state index in [1.807, 2.05) is 36.4 Å². The predicted octanol–water partition coefficient (Wildman–Crippen LogP) is 3.67.